The van der Waals surface area contributed by atoms with Crippen molar-refractivity contribution < 1.29 is 9.84 Å². The topological polar surface area (TPSA) is 32.7 Å². The summed E-state index contributed by atoms with van der Waals surface area (Å²) in [6, 6.07) is 11.1. The standard InChI is InChI=1S/C17H23NO2/c19-10-13-14-11-20-17(12-6-2-1-3-7-12)15(14)16(13)18-8-4-5-9-18/h1-3,6-7,13-17,19H,4-5,8-11H2/t13-,14+,15+,16+,17+/m0/s1. The van der Waals surface area contributed by atoms with Crippen LogP contribution >= 0.6 is 0 Å². The monoisotopic (exact) mass is 273 g/mol. The van der Waals surface area contributed by atoms with E-state index < -0.39 is 0 Å². The normalized spacial score (nSPS) is 40.5. The largest absolute Gasteiger partial charge is 0.396 e. The number of aliphatic hydroxyl groups is 1. The number of ether oxygens (including phenoxy) is 1. The highest BCUT2D eigenvalue weighted by molar-refractivity contribution is 5.23. The Morgan fingerprint density at radius 3 is 2.60 bits per heavy atom. The molecule has 108 valence electrons. The van der Waals surface area contributed by atoms with Gasteiger partial charge in [-0.2, -0.15) is 0 Å². The van der Waals surface area contributed by atoms with E-state index >= 15 is 0 Å². The molecular formula is C17H23NO2. The number of likely N-dealkylation sites (tertiary alicyclic amines) is 1. The molecule has 2 heterocycles. The first-order chi connectivity index (χ1) is 9.90. The van der Waals surface area contributed by atoms with Gasteiger partial charge in [0, 0.05) is 24.5 Å². The van der Waals surface area contributed by atoms with Gasteiger partial charge in [-0.05, 0) is 37.4 Å². The Balaban J connectivity index is 1.59. The molecule has 0 aromatic heterocycles. The number of hydrogen-bond acceptors (Lipinski definition) is 3. The van der Waals surface area contributed by atoms with Gasteiger partial charge in [-0.1, -0.05) is 30.3 Å². The van der Waals surface area contributed by atoms with Gasteiger partial charge in [-0.3, -0.25) is 4.90 Å². The van der Waals surface area contributed by atoms with Crippen LogP contribution in [0.2, 0.25) is 0 Å². The second kappa shape index (κ2) is 5.14. The molecule has 0 spiro atoms. The van der Waals surface area contributed by atoms with Gasteiger partial charge < -0.3 is 9.84 Å². The van der Waals surface area contributed by atoms with Crippen molar-refractivity contribution in [3.63, 3.8) is 0 Å². The summed E-state index contributed by atoms with van der Waals surface area (Å²) in [7, 11) is 0. The fourth-order valence-electron chi connectivity index (χ4n) is 4.65. The van der Waals surface area contributed by atoms with Crippen LogP contribution in [-0.4, -0.2) is 42.4 Å². The molecule has 0 amide bonds. The molecule has 3 fully saturated rings. The summed E-state index contributed by atoms with van der Waals surface area (Å²) in [5.41, 5.74) is 1.31. The van der Waals surface area contributed by atoms with E-state index in [-0.39, 0.29) is 6.10 Å². The van der Waals surface area contributed by atoms with Gasteiger partial charge in [-0.25, -0.2) is 0 Å². The van der Waals surface area contributed by atoms with Crippen molar-refractivity contribution >= 4 is 0 Å². The van der Waals surface area contributed by atoms with Gasteiger partial charge in [0.15, 0.2) is 0 Å². The summed E-state index contributed by atoms with van der Waals surface area (Å²) in [5.74, 6) is 1.55. The van der Waals surface area contributed by atoms with Gasteiger partial charge in [-0.15, -0.1) is 0 Å². The predicted molar refractivity (Wildman–Crippen MR) is 77.3 cm³/mol. The highest BCUT2D eigenvalue weighted by Gasteiger charge is 2.59. The number of hydrogen-bond donors (Lipinski definition) is 1. The van der Waals surface area contributed by atoms with Gasteiger partial charge in [0.25, 0.3) is 0 Å². The molecule has 1 N–H and O–H groups in total. The highest BCUT2D eigenvalue weighted by Crippen LogP contribution is 2.56. The lowest BCUT2D eigenvalue weighted by Crippen LogP contribution is -2.60. The first-order valence-electron chi connectivity index (χ1n) is 7.91. The lowest BCUT2D eigenvalue weighted by atomic mass is 9.59. The summed E-state index contributed by atoms with van der Waals surface area (Å²) in [5, 5.41) is 9.74. The van der Waals surface area contributed by atoms with E-state index in [1.807, 2.05) is 0 Å². The third-order valence-corrected chi connectivity index (χ3v) is 5.60. The van der Waals surface area contributed by atoms with E-state index in [1.54, 1.807) is 0 Å². The Bertz CT molecular complexity index is 457. The molecule has 20 heavy (non-hydrogen) atoms. The minimum Gasteiger partial charge on any atom is -0.396 e. The second-order valence-electron chi connectivity index (χ2n) is 6.49. The average molecular weight is 273 g/mol. The molecule has 1 aromatic carbocycles. The fraction of sp³-hybridized carbons (Fsp3) is 0.647. The van der Waals surface area contributed by atoms with Crippen LogP contribution in [0.15, 0.2) is 30.3 Å². The van der Waals surface area contributed by atoms with E-state index in [0.29, 0.717) is 30.4 Å². The minimum absolute atomic E-state index is 0.231. The molecular weight excluding hydrogens is 250 g/mol. The van der Waals surface area contributed by atoms with Crippen LogP contribution in [0.5, 0.6) is 0 Å². The first-order valence-corrected chi connectivity index (χ1v) is 7.91. The van der Waals surface area contributed by atoms with Crippen molar-refractivity contribution in [2.75, 3.05) is 26.3 Å². The van der Waals surface area contributed by atoms with Crippen molar-refractivity contribution in [3.8, 4) is 0 Å². The van der Waals surface area contributed by atoms with Crippen LogP contribution in [0, 0.1) is 17.8 Å². The van der Waals surface area contributed by atoms with Crippen LogP contribution < -0.4 is 0 Å². The van der Waals surface area contributed by atoms with Crippen molar-refractivity contribution in [1.29, 1.82) is 0 Å². The summed E-state index contributed by atoms with van der Waals surface area (Å²) in [4.78, 5) is 2.60. The Labute approximate surface area is 120 Å². The Hall–Kier alpha value is -0.900. The van der Waals surface area contributed by atoms with Crippen LogP contribution in [-0.2, 0) is 4.74 Å². The van der Waals surface area contributed by atoms with Crippen molar-refractivity contribution in [2.45, 2.75) is 25.0 Å². The van der Waals surface area contributed by atoms with Crippen molar-refractivity contribution in [1.82, 2.24) is 4.90 Å². The molecule has 2 saturated heterocycles. The van der Waals surface area contributed by atoms with Crippen LogP contribution in [0.3, 0.4) is 0 Å². The van der Waals surface area contributed by atoms with Gasteiger partial charge >= 0.3 is 0 Å². The molecule has 0 radical (unpaired) electrons. The Morgan fingerprint density at radius 2 is 1.90 bits per heavy atom. The zero-order valence-corrected chi connectivity index (χ0v) is 11.8. The zero-order valence-electron chi connectivity index (χ0n) is 11.8. The number of aliphatic hydroxyl groups excluding tert-OH is 1. The lowest BCUT2D eigenvalue weighted by molar-refractivity contribution is -0.0678. The lowest BCUT2D eigenvalue weighted by Gasteiger charge is -2.52. The molecule has 4 rings (SSSR count). The smallest absolute Gasteiger partial charge is 0.0871 e. The molecule has 2 aliphatic heterocycles. The van der Waals surface area contributed by atoms with Crippen LogP contribution in [0.25, 0.3) is 0 Å². The molecule has 0 bridgehead atoms. The number of rotatable bonds is 3. The van der Waals surface area contributed by atoms with Crippen molar-refractivity contribution in [2.24, 2.45) is 17.8 Å². The molecule has 3 heteroatoms. The van der Waals surface area contributed by atoms with E-state index in [4.69, 9.17) is 4.74 Å². The number of benzene rings is 1. The Kier molecular flexibility index (Phi) is 3.29. The summed E-state index contributed by atoms with van der Waals surface area (Å²) in [6.07, 6.45) is 2.85. The van der Waals surface area contributed by atoms with E-state index in [2.05, 4.69) is 35.2 Å². The summed E-state index contributed by atoms with van der Waals surface area (Å²) >= 11 is 0. The van der Waals surface area contributed by atoms with Crippen molar-refractivity contribution in [3.05, 3.63) is 35.9 Å². The highest BCUT2D eigenvalue weighted by atomic mass is 16.5. The number of nitrogens with zero attached hydrogens (tertiary/aromatic N) is 1. The van der Waals surface area contributed by atoms with Crippen LogP contribution in [0.1, 0.15) is 24.5 Å². The third-order valence-electron chi connectivity index (χ3n) is 5.60. The summed E-state index contributed by atoms with van der Waals surface area (Å²) in [6.45, 7) is 3.53. The van der Waals surface area contributed by atoms with Crippen LogP contribution in [0.4, 0.5) is 0 Å². The van der Waals surface area contributed by atoms with Gasteiger partial charge in [0.05, 0.1) is 12.7 Å². The predicted octanol–water partition coefficient (Wildman–Crippen LogP) is 2.08. The Morgan fingerprint density at radius 1 is 1.15 bits per heavy atom. The fourth-order valence-corrected chi connectivity index (χ4v) is 4.65. The molecule has 3 nitrogen and oxygen atoms in total. The zero-order chi connectivity index (χ0) is 13.5. The molecule has 1 aromatic rings. The van der Waals surface area contributed by atoms with Gasteiger partial charge in [0.2, 0.25) is 0 Å². The van der Waals surface area contributed by atoms with E-state index in [9.17, 15) is 5.11 Å². The SMILES string of the molecule is OC[C@H]1[C@H]2CO[C@H](c3ccccc3)[C@H]2[C@@H]1N1CCCC1. The maximum atomic E-state index is 9.74. The van der Waals surface area contributed by atoms with E-state index in [1.165, 1.54) is 31.5 Å². The molecule has 1 aliphatic carbocycles. The molecule has 5 atom stereocenters. The quantitative estimate of drug-likeness (QED) is 0.915. The first kappa shape index (κ1) is 12.8. The minimum atomic E-state index is 0.231. The molecule has 1 saturated carbocycles. The van der Waals surface area contributed by atoms with Gasteiger partial charge in [0.1, 0.15) is 0 Å². The summed E-state index contributed by atoms with van der Waals surface area (Å²) < 4.78 is 6.11. The third kappa shape index (κ3) is 1.84. The average Bonchev–Trinajstić information content (AvgIpc) is 3.10. The number of fused-ring (bicyclic) bond motifs is 1. The molecule has 0 unspecified atom stereocenters. The second-order valence-corrected chi connectivity index (χ2v) is 6.49. The molecule has 3 aliphatic rings. The van der Waals surface area contributed by atoms with E-state index in [0.717, 1.165) is 6.61 Å². The maximum Gasteiger partial charge on any atom is 0.0871 e. The maximum absolute atomic E-state index is 9.74.